The normalized spacial score (nSPS) is 19.1. The van der Waals surface area contributed by atoms with Crippen LogP contribution in [0.4, 0.5) is 0 Å². The molecular formula is C13H29N3O3S. The lowest BCUT2D eigenvalue weighted by molar-refractivity contribution is 0.0727. The molecule has 120 valence electrons. The highest BCUT2D eigenvalue weighted by atomic mass is 32.2. The van der Waals surface area contributed by atoms with Crippen LogP contribution in [-0.2, 0) is 14.9 Å². The molecule has 0 bridgehead atoms. The van der Waals surface area contributed by atoms with Gasteiger partial charge in [0, 0.05) is 26.7 Å². The Labute approximate surface area is 123 Å². The van der Waals surface area contributed by atoms with Crippen LogP contribution in [-0.4, -0.2) is 70.0 Å². The van der Waals surface area contributed by atoms with Gasteiger partial charge in [0.2, 0.25) is 0 Å². The minimum atomic E-state index is -3.33. The van der Waals surface area contributed by atoms with Crippen LogP contribution in [0, 0.1) is 5.92 Å². The first-order chi connectivity index (χ1) is 9.37. The van der Waals surface area contributed by atoms with Crippen LogP contribution in [0.3, 0.4) is 0 Å². The third-order valence-corrected chi connectivity index (χ3v) is 5.63. The molecule has 1 fully saturated rings. The first kappa shape index (κ1) is 17.8. The molecule has 1 aliphatic heterocycles. The lowest BCUT2D eigenvalue weighted by atomic mass is 9.98. The number of hydrogen-bond donors (Lipinski definition) is 1. The van der Waals surface area contributed by atoms with Crippen LogP contribution in [0.5, 0.6) is 0 Å². The smallest absolute Gasteiger partial charge is 0.281 e. The molecule has 1 aliphatic rings. The summed E-state index contributed by atoms with van der Waals surface area (Å²) in [4.78, 5) is 0. The monoisotopic (exact) mass is 307 g/mol. The van der Waals surface area contributed by atoms with Crippen LogP contribution < -0.4 is 5.32 Å². The molecule has 6 nitrogen and oxygen atoms in total. The van der Waals surface area contributed by atoms with Gasteiger partial charge in [0.25, 0.3) is 10.2 Å². The molecule has 20 heavy (non-hydrogen) atoms. The van der Waals surface area contributed by atoms with Gasteiger partial charge < -0.3 is 10.1 Å². The molecule has 0 saturated carbocycles. The fraction of sp³-hybridized carbons (Fsp3) is 1.00. The van der Waals surface area contributed by atoms with Crippen LogP contribution in [0.15, 0.2) is 0 Å². The third-order valence-electron chi connectivity index (χ3n) is 3.64. The second-order valence-corrected chi connectivity index (χ2v) is 7.68. The Kier molecular flexibility index (Phi) is 7.39. The summed E-state index contributed by atoms with van der Waals surface area (Å²) >= 11 is 0. The summed E-state index contributed by atoms with van der Waals surface area (Å²) in [5, 5.41) is 3.16. The van der Waals surface area contributed by atoms with Crippen molar-refractivity contribution >= 4 is 10.2 Å². The predicted octanol–water partition coefficient (Wildman–Crippen LogP) is 0.519. The first-order valence-corrected chi connectivity index (χ1v) is 8.75. The van der Waals surface area contributed by atoms with E-state index in [9.17, 15) is 8.42 Å². The molecule has 0 amide bonds. The molecular weight excluding hydrogens is 278 g/mol. The number of rotatable bonds is 8. The summed E-state index contributed by atoms with van der Waals surface area (Å²) in [5.41, 5.74) is 0. The van der Waals surface area contributed by atoms with E-state index in [0.29, 0.717) is 32.2 Å². The Bertz CT molecular complexity index is 365. The zero-order valence-corrected chi connectivity index (χ0v) is 13.9. The molecule has 0 radical (unpaired) electrons. The van der Waals surface area contributed by atoms with Crippen molar-refractivity contribution in [2.24, 2.45) is 5.92 Å². The molecule has 0 aromatic carbocycles. The zero-order valence-electron chi connectivity index (χ0n) is 13.1. The summed E-state index contributed by atoms with van der Waals surface area (Å²) in [6.45, 7) is 6.92. The van der Waals surface area contributed by atoms with Crippen molar-refractivity contribution < 1.29 is 13.2 Å². The largest absolute Gasteiger partial charge is 0.377 e. The van der Waals surface area contributed by atoms with Gasteiger partial charge >= 0.3 is 0 Å². The van der Waals surface area contributed by atoms with E-state index in [1.165, 1.54) is 4.31 Å². The minimum absolute atomic E-state index is 0.128. The Hall–Kier alpha value is -0.210. The fourth-order valence-electron chi connectivity index (χ4n) is 2.36. The van der Waals surface area contributed by atoms with E-state index in [2.05, 4.69) is 5.32 Å². The van der Waals surface area contributed by atoms with Crippen LogP contribution >= 0.6 is 0 Å². The maximum absolute atomic E-state index is 12.4. The van der Waals surface area contributed by atoms with Crippen LogP contribution in [0.1, 0.15) is 26.7 Å². The number of likely N-dealkylation sites (N-methyl/N-ethyl adjacent to an activating group) is 1. The van der Waals surface area contributed by atoms with Gasteiger partial charge in [-0.25, -0.2) is 0 Å². The van der Waals surface area contributed by atoms with E-state index in [1.807, 2.05) is 20.9 Å². The number of hydrogen-bond acceptors (Lipinski definition) is 4. The highest BCUT2D eigenvalue weighted by molar-refractivity contribution is 7.86. The first-order valence-electron chi connectivity index (χ1n) is 7.35. The Balaban J connectivity index is 2.44. The number of ether oxygens (including phenoxy) is 1. The van der Waals surface area contributed by atoms with Crippen molar-refractivity contribution in [2.75, 3.05) is 46.9 Å². The summed E-state index contributed by atoms with van der Waals surface area (Å²) in [6, 6.07) is 0. The maximum Gasteiger partial charge on any atom is 0.281 e. The van der Waals surface area contributed by atoms with Crippen molar-refractivity contribution in [3.63, 3.8) is 0 Å². The van der Waals surface area contributed by atoms with Gasteiger partial charge in [0.05, 0.1) is 12.7 Å². The van der Waals surface area contributed by atoms with E-state index < -0.39 is 10.2 Å². The molecule has 0 aliphatic carbocycles. The lowest BCUT2D eigenvalue weighted by Crippen LogP contribution is -2.47. The number of nitrogens with one attached hydrogen (secondary N) is 1. The topological polar surface area (TPSA) is 61.9 Å². The average Bonchev–Trinajstić information content (AvgIpc) is 2.39. The van der Waals surface area contributed by atoms with Crippen LogP contribution in [0.2, 0.25) is 0 Å². The molecule has 0 spiro atoms. The van der Waals surface area contributed by atoms with Gasteiger partial charge in [-0.2, -0.15) is 17.0 Å². The quantitative estimate of drug-likeness (QED) is 0.710. The third kappa shape index (κ3) is 5.29. The molecule has 0 atom stereocenters. The Morgan fingerprint density at radius 3 is 2.45 bits per heavy atom. The van der Waals surface area contributed by atoms with Crippen LogP contribution in [0.25, 0.3) is 0 Å². The molecule has 1 saturated heterocycles. The Morgan fingerprint density at radius 1 is 1.35 bits per heavy atom. The van der Waals surface area contributed by atoms with E-state index >= 15 is 0 Å². The average molecular weight is 307 g/mol. The molecule has 7 heteroatoms. The summed E-state index contributed by atoms with van der Waals surface area (Å²) in [5.74, 6) is 0.584. The van der Waals surface area contributed by atoms with Crippen molar-refractivity contribution in [1.82, 2.24) is 13.9 Å². The van der Waals surface area contributed by atoms with Gasteiger partial charge in [-0.15, -0.1) is 0 Å². The SMILES string of the molecule is CNCC1CCN(S(=O)(=O)N(C)CCOC(C)C)CC1. The maximum atomic E-state index is 12.4. The van der Waals surface area contributed by atoms with E-state index in [-0.39, 0.29) is 6.10 Å². The Morgan fingerprint density at radius 2 is 1.95 bits per heavy atom. The second kappa shape index (κ2) is 8.29. The minimum Gasteiger partial charge on any atom is -0.377 e. The van der Waals surface area contributed by atoms with Crippen molar-refractivity contribution in [3.8, 4) is 0 Å². The second-order valence-electron chi connectivity index (χ2n) is 5.65. The number of piperidine rings is 1. The molecule has 0 aromatic heterocycles. The standard InChI is InChI=1S/C13H29N3O3S/c1-12(2)19-10-9-15(4)20(17,18)16-7-5-13(6-8-16)11-14-3/h12-14H,5-11H2,1-4H3. The fourth-order valence-corrected chi connectivity index (χ4v) is 3.73. The summed E-state index contributed by atoms with van der Waals surface area (Å²) in [7, 11) is 0.228. The summed E-state index contributed by atoms with van der Waals surface area (Å²) < 4.78 is 33.2. The summed E-state index contributed by atoms with van der Waals surface area (Å²) in [6.07, 6.45) is 1.98. The molecule has 1 N–H and O–H groups in total. The highest BCUT2D eigenvalue weighted by Crippen LogP contribution is 2.20. The lowest BCUT2D eigenvalue weighted by Gasteiger charge is -2.33. The van der Waals surface area contributed by atoms with Gasteiger partial charge in [-0.05, 0) is 46.2 Å². The molecule has 1 heterocycles. The van der Waals surface area contributed by atoms with Gasteiger partial charge in [0.1, 0.15) is 0 Å². The van der Waals surface area contributed by atoms with Gasteiger partial charge in [-0.3, -0.25) is 0 Å². The van der Waals surface area contributed by atoms with Gasteiger partial charge in [-0.1, -0.05) is 0 Å². The highest BCUT2D eigenvalue weighted by Gasteiger charge is 2.30. The zero-order chi connectivity index (χ0) is 15.2. The van der Waals surface area contributed by atoms with E-state index in [4.69, 9.17) is 4.74 Å². The molecule has 0 unspecified atom stereocenters. The van der Waals surface area contributed by atoms with E-state index in [1.54, 1.807) is 11.4 Å². The van der Waals surface area contributed by atoms with Crippen molar-refractivity contribution in [1.29, 1.82) is 0 Å². The van der Waals surface area contributed by atoms with E-state index in [0.717, 1.165) is 19.4 Å². The molecule has 0 aromatic rings. The van der Waals surface area contributed by atoms with Gasteiger partial charge in [0.15, 0.2) is 0 Å². The molecule has 1 rings (SSSR count). The predicted molar refractivity (Wildman–Crippen MR) is 80.9 cm³/mol. The number of nitrogens with zero attached hydrogens (tertiary/aromatic N) is 2. The van der Waals surface area contributed by atoms with Crippen molar-refractivity contribution in [2.45, 2.75) is 32.8 Å². The van der Waals surface area contributed by atoms with Crippen molar-refractivity contribution in [3.05, 3.63) is 0 Å².